The number of carboxylic acids is 1. The molecule has 0 saturated carbocycles. The molecule has 2 aromatic rings. The minimum Gasteiger partial charge on any atom is -0.478 e. The number of nitrogens with two attached hydrogens (primary N) is 1. The van der Waals surface area contributed by atoms with Gasteiger partial charge in [-0.2, -0.15) is 0 Å². The second-order valence-corrected chi connectivity index (χ2v) is 5.01. The number of anilines is 3. The highest BCUT2D eigenvalue weighted by Crippen LogP contribution is 2.28. The lowest BCUT2D eigenvalue weighted by Gasteiger charge is -2.15. The Balaban J connectivity index is 2.48. The number of nitrogen functional groups attached to an aromatic ring is 1. The maximum Gasteiger partial charge on any atom is 0.337 e. The number of carbonyl (C=O) groups is 1. The molecule has 0 aliphatic rings. The lowest BCUT2D eigenvalue weighted by atomic mass is 10.0. The Hall–Kier alpha value is -2.49. The van der Waals surface area contributed by atoms with Crippen molar-refractivity contribution in [1.29, 1.82) is 0 Å². The molecule has 2 aromatic carbocycles. The highest BCUT2D eigenvalue weighted by molar-refractivity contribution is 5.96. The van der Waals surface area contributed by atoms with Crippen molar-refractivity contribution in [2.45, 2.75) is 20.8 Å². The molecule has 104 valence electrons. The number of hydrogen-bond donors (Lipinski definition) is 3. The summed E-state index contributed by atoms with van der Waals surface area (Å²) in [6.45, 7) is 6.04. The van der Waals surface area contributed by atoms with Crippen LogP contribution in [0.25, 0.3) is 0 Å². The molecule has 0 radical (unpaired) electrons. The normalized spacial score (nSPS) is 10.3. The number of hydrogen-bond acceptors (Lipinski definition) is 3. The Labute approximate surface area is 118 Å². The van der Waals surface area contributed by atoms with Crippen LogP contribution in [0.2, 0.25) is 0 Å². The number of aromatic carboxylic acids is 1. The van der Waals surface area contributed by atoms with Gasteiger partial charge in [0.1, 0.15) is 0 Å². The highest BCUT2D eigenvalue weighted by Gasteiger charge is 2.12. The summed E-state index contributed by atoms with van der Waals surface area (Å²) in [7, 11) is 0. The van der Waals surface area contributed by atoms with E-state index >= 15 is 0 Å². The molecule has 0 aliphatic heterocycles. The number of rotatable bonds is 3. The average molecular weight is 270 g/mol. The molecule has 0 heterocycles. The van der Waals surface area contributed by atoms with E-state index in [1.807, 2.05) is 20.8 Å². The van der Waals surface area contributed by atoms with Crippen molar-refractivity contribution < 1.29 is 9.90 Å². The molecule has 4 nitrogen and oxygen atoms in total. The third kappa shape index (κ3) is 2.74. The number of benzene rings is 2. The van der Waals surface area contributed by atoms with Gasteiger partial charge in [-0.15, -0.1) is 0 Å². The first-order valence-electron chi connectivity index (χ1n) is 6.36. The molecular weight excluding hydrogens is 252 g/mol. The first-order valence-corrected chi connectivity index (χ1v) is 6.36. The van der Waals surface area contributed by atoms with E-state index in [-0.39, 0.29) is 5.56 Å². The lowest BCUT2D eigenvalue weighted by molar-refractivity contribution is 0.0698. The van der Waals surface area contributed by atoms with Gasteiger partial charge in [0.25, 0.3) is 0 Å². The van der Waals surface area contributed by atoms with E-state index in [0.29, 0.717) is 11.4 Å². The first-order chi connectivity index (χ1) is 9.38. The van der Waals surface area contributed by atoms with E-state index < -0.39 is 5.97 Å². The summed E-state index contributed by atoms with van der Waals surface area (Å²) in [6, 6.07) is 8.97. The second kappa shape index (κ2) is 5.25. The van der Waals surface area contributed by atoms with E-state index in [4.69, 9.17) is 5.73 Å². The molecule has 4 N–H and O–H groups in total. The van der Waals surface area contributed by atoms with Crippen LogP contribution < -0.4 is 11.1 Å². The first kappa shape index (κ1) is 13.9. The second-order valence-electron chi connectivity index (χ2n) is 5.01. The molecule has 0 bridgehead atoms. The summed E-state index contributed by atoms with van der Waals surface area (Å²) in [5.74, 6) is -0.998. The quantitative estimate of drug-likeness (QED) is 0.744. The SMILES string of the molecule is Cc1cc(C)c(Nc2ccc(N)cc2C(=O)O)c(C)c1. The maximum absolute atomic E-state index is 11.3. The zero-order valence-electron chi connectivity index (χ0n) is 11.8. The topological polar surface area (TPSA) is 75.3 Å². The van der Waals surface area contributed by atoms with Crippen LogP contribution in [0.1, 0.15) is 27.0 Å². The Morgan fingerprint density at radius 3 is 2.25 bits per heavy atom. The van der Waals surface area contributed by atoms with Crippen molar-refractivity contribution in [2.24, 2.45) is 0 Å². The van der Waals surface area contributed by atoms with Crippen molar-refractivity contribution >= 4 is 23.0 Å². The van der Waals surface area contributed by atoms with Gasteiger partial charge in [0, 0.05) is 11.4 Å². The van der Waals surface area contributed by atoms with Crippen molar-refractivity contribution in [3.05, 3.63) is 52.6 Å². The number of aryl methyl sites for hydroxylation is 3. The fourth-order valence-corrected chi connectivity index (χ4v) is 2.36. The molecular formula is C16H18N2O2. The standard InChI is InChI=1S/C16H18N2O2/c1-9-6-10(2)15(11(3)7-9)18-14-5-4-12(17)8-13(14)16(19)20/h4-8,18H,17H2,1-3H3,(H,19,20). The van der Waals surface area contributed by atoms with E-state index in [9.17, 15) is 9.90 Å². The fourth-order valence-electron chi connectivity index (χ4n) is 2.36. The van der Waals surface area contributed by atoms with Gasteiger partial charge >= 0.3 is 5.97 Å². The highest BCUT2D eigenvalue weighted by atomic mass is 16.4. The molecule has 0 unspecified atom stereocenters. The van der Waals surface area contributed by atoms with Gasteiger partial charge in [0.2, 0.25) is 0 Å². The summed E-state index contributed by atoms with van der Waals surface area (Å²) < 4.78 is 0. The Kier molecular flexibility index (Phi) is 3.66. The van der Waals surface area contributed by atoms with E-state index in [0.717, 1.165) is 16.8 Å². The monoisotopic (exact) mass is 270 g/mol. The van der Waals surface area contributed by atoms with Gasteiger partial charge in [-0.3, -0.25) is 0 Å². The van der Waals surface area contributed by atoms with E-state index in [2.05, 4.69) is 17.4 Å². The molecule has 4 heteroatoms. The predicted octanol–water partition coefficient (Wildman–Crippen LogP) is 3.64. The molecule has 0 fully saturated rings. The minimum absolute atomic E-state index is 0.171. The summed E-state index contributed by atoms with van der Waals surface area (Å²) in [6.07, 6.45) is 0. The van der Waals surface area contributed by atoms with Gasteiger partial charge in [0.15, 0.2) is 0 Å². The van der Waals surface area contributed by atoms with Crippen molar-refractivity contribution in [3.63, 3.8) is 0 Å². The van der Waals surface area contributed by atoms with Gasteiger partial charge in [-0.05, 0) is 50.1 Å². The largest absolute Gasteiger partial charge is 0.478 e. The van der Waals surface area contributed by atoms with Gasteiger partial charge in [0.05, 0.1) is 11.3 Å². The van der Waals surface area contributed by atoms with Crippen molar-refractivity contribution in [2.75, 3.05) is 11.1 Å². The molecule has 0 spiro atoms. The molecule has 0 saturated heterocycles. The van der Waals surface area contributed by atoms with Gasteiger partial charge in [-0.1, -0.05) is 17.7 Å². The smallest absolute Gasteiger partial charge is 0.337 e. The van der Waals surface area contributed by atoms with E-state index in [1.165, 1.54) is 11.6 Å². The third-order valence-corrected chi connectivity index (χ3v) is 3.21. The van der Waals surface area contributed by atoms with Gasteiger partial charge in [-0.25, -0.2) is 4.79 Å². The summed E-state index contributed by atoms with van der Waals surface area (Å²) >= 11 is 0. The van der Waals surface area contributed by atoms with Crippen LogP contribution >= 0.6 is 0 Å². The third-order valence-electron chi connectivity index (χ3n) is 3.21. The summed E-state index contributed by atoms with van der Waals surface area (Å²) in [5.41, 5.74) is 11.1. The summed E-state index contributed by atoms with van der Waals surface area (Å²) in [5, 5.41) is 12.5. The number of nitrogens with one attached hydrogen (secondary N) is 1. The van der Waals surface area contributed by atoms with Crippen molar-refractivity contribution in [1.82, 2.24) is 0 Å². The fraction of sp³-hybridized carbons (Fsp3) is 0.188. The van der Waals surface area contributed by atoms with Crippen LogP contribution in [0.5, 0.6) is 0 Å². The van der Waals surface area contributed by atoms with Crippen LogP contribution in [-0.2, 0) is 0 Å². The molecule has 0 aliphatic carbocycles. The molecule has 0 aromatic heterocycles. The van der Waals surface area contributed by atoms with Crippen molar-refractivity contribution in [3.8, 4) is 0 Å². The lowest BCUT2D eigenvalue weighted by Crippen LogP contribution is -2.05. The zero-order chi connectivity index (χ0) is 14.9. The van der Waals surface area contributed by atoms with Crippen LogP contribution in [-0.4, -0.2) is 11.1 Å². The molecule has 0 amide bonds. The Morgan fingerprint density at radius 1 is 1.10 bits per heavy atom. The molecule has 2 rings (SSSR count). The van der Waals surface area contributed by atoms with E-state index in [1.54, 1.807) is 12.1 Å². The maximum atomic E-state index is 11.3. The van der Waals surface area contributed by atoms with Gasteiger partial charge < -0.3 is 16.2 Å². The van der Waals surface area contributed by atoms with Crippen LogP contribution in [0.3, 0.4) is 0 Å². The molecule has 20 heavy (non-hydrogen) atoms. The Morgan fingerprint density at radius 2 is 1.70 bits per heavy atom. The molecule has 0 atom stereocenters. The van der Waals surface area contributed by atoms with Crippen LogP contribution in [0, 0.1) is 20.8 Å². The predicted molar refractivity (Wildman–Crippen MR) is 81.7 cm³/mol. The summed E-state index contributed by atoms with van der Waals surface area (Å²) in [4.78, 5) is 11.3. The zero-order valence-corrected chi connectivity index (χ0v) is 11.8. The minimum atomic E-state index is -0.998. The number of carboxylic acid groups (broad SMARTS) is 1. The average Bonchev–Trinajstić information content (AvgIpc) is 2.34. The van der Waals surface area contributed by atoms with Crippen LogP contribution in [0.15, 0.2) is 30.3 Å². The van der Waals surface area contributed by atoms with Crippen LogP contribution in [0.4, 0.5) is 17.1 Å². The Bertz CT molecular complexity index is 655.